The first-order chi connectivity index (χ1) is 11.3. The normalized spacial score (nSPS) is 17.5. The third-order valence-corrected chi connectivity index (χ3v) is 4.28. The Morgan fingerprint density at radius 2 is 2.30 bits per heavy atom. The van der Waals surface area contributed by atoms with Crippen LogP contribution in [0.25, 0.3) is 11.0 Å². The van der Waals surface area contributed by atoms with Crippen LogP contribution in [0.15, 0.2) is 41.8 Å². The van der Waals surface area contributed by atoms with E-state index in [4.69, 9.17) is 0 Å². The molecule has 4 heterocycles. The van der Waals surface area contributed by atoms with E-state index in [2.05, 4.69) is 24.4 Å². The lowest BCUT2D eigenvalue weighted by Gasteiger charge is -2.21. The van der Waals surface area contributed by atoms with E-state index in [1.165, 1.54) is 0 Å². The molecule has 1 aliphatic heterocycles. The number of aromatic amines is 1. The zero-order valence-electron chi connectivity index (χ0n) is 12.3. The molecule has 1 atom stereocenters. The van der Waals surface area contributed by atoms with Crippen LogP contribution >= 0.6 is 0 Å². The SMILES string of the molecule is N#Cc1c(N2CC[C@@H](n3ccnc3)C2)c2ncccc2[nH]c1=O. The van der Waals surface area contributed by atoms with Gasteiger partial charge in [-0.05, 0) is 18.6 Å². The summed E-state index contributed by atoms with van der Waals surface area (Å²) in [7, 11) is 0. The Hall–Kier alpha value is -3.14. The maximum atomic E-state index is 12.2. The number of H-pyrrole nitrogens is 1. The lowest BCUT2D eigenvalue weighted by Crippen LogP contribution is -2.25. The molecule has 23 heavy (non-hydrogen) atoms. The predicted molar refractivity (Wildman–Crippen MR) is 85.2 cm³/mol. The number of rotatable bonds is 2. The van der Waals surface area contributed by atoms with Crippen molar-refractivity contribution < 1.29 is 0 Å². The van der Waals surface area contributed by atoms with E-state index < -0.39 is 0 Å². The zero-order valence-corrected chi connectivity index (χ0v) is 12.3. The molecule has 0 amide bonds. The number of imidazole rings is 1. The van der Waals surface area contributed by atoms with Crippen LogP contribution in [0.1, 0.15) is 18.0 Å². The minimum Gasteiger partial charge on any atom is -0.366 e. The Kier molecular flexibility index (Phi) is 3.08. The molecule has 4 rings (SSSR count). The van der Waals surface area contributed by atoms with E-state index >= 15 is 0 Å². The molecule has 1 saturated heterocycles. The van der Waals surface area contributed by atoms with Crippen molar-refractivity contribution in [2.75, 3.05) is 18.0 Å². The third-order valence-electron chi connectivity index (χ3n) is 4.28. The van der Waals surface area contributed by atoms with Crippen molar-refractivity contribution in [3.05, 3.63) is 53.0 Å². The van der Waals surface area contributed by atoms with Crippen LogP contribution in [0.4, 0.5) is 5.69 Å². The van der Waals surface area contributed by atoms with Crippen molar-refractivity contribution in [3.8, 4) is 6.07 Å². The molecule has 0 aromatic carbocycles. The monoisotopic (exact) mass is 306 g/mol. The first-order valence-electron chi connectivity index (χ1n) is 7.41. The number of nitrogens with one attached hydrogen (secondary N) is 1. The second kappa shape index (κ2) is 5.25. The van der Waals surface area contributed by atoms with Crippen LogP contribution in [0.5, 0.6) is 0 Å². The van der Waals surface area contributed by atoms with Gasteiger partial charge in [-0.15, -0.1) is 0 Å². The largest absolute Gasteiger partial charge is 0.366 e. The van der Waals surface area contributed by atoms with Gasteiger partial charge in [0.1, 0.15) is 17.1 Å². The van der Waals surface area contributed by atoms with Gasteiger partial charge in [0.25, 0.3) is 5.56 Å². The highest BCUT2D eigenvalue weighted by Crippen LogP contribution is 2.32. The van der Waals surface area contributed by atoms with Gasteiger partial charge in [0.2, 0.25) is 0 Å². The molecule has 1 fully saturated rings. The zero-order chi connectivity index (χ0) is 15.8. The molecule has 0 bridgehead atoms. The number of anilines is 1. The summed E-state index contributed by atoms with van der Waals surface area (Å²) in [5.41, 5.74) is 1.71. The summed E-state index contributed by atoms with van der Waals surface area (Å²) in [6.07, 6.45) is 8.10. The third kappa shape index (κ3) is 2.16. The minimum absolute atomic E-state index is 0.127. The van der Waals surface area contributed by atoms with Crippen molar-refractivity contribution in [2.45, 2.75) is 12.5 Å². The first kappa shape index (κ1) is 13.5. The van der Waals surface area contributed by atoms with Gasteiger partial charge < -0.3 is 14.5 Å². The predicted octanol–water partition coefficient (Wildman–Crippen LogP) is 1.44. The molecule has 7 nitrogen and oxygen atoms in total. The van der Waals surface area contributed by atoms with E-state index in [9.17, 15) is 10.1 Å². The van der Waals surface area contributed by atoms with Crippen molar-refractivity contribution >= 4 is 16.7 Å². The van der Waals surface area contributed by atoms with Crippen LogP contribution in [0.2, 0.25) is 0 Å². The summed E-state index contributed by atoms with van der Waals surface area (Å²) >= 11 is 0. The Labute approximate surface area is 131 Å². The van der Waals surface area contributed by atoms with Gasteiger partial charge >= 0.3 is 0 Å². The molecule has 114 valence electrons. The summed E-state index contributed by atoms with van der Waals surface area (Å²) in [5, 5.41) is 9.43. The van der Waals surface area contributed by atoms with Crippen LogP contribution in [-0.2, 0) is 0 Å². The van der Waals surface area contributed by atoms with E-state index in [1.54, 1.807) is 30.9 Å². The molecule has 0 spiro atoms. The molecule has 1 N–H and O–H groups in total. The van der Waals surface area contributed by atoms with Crippen molar-refractivity contribution in [2.24, 2.45) is 0 Å². The van der Waals surface area contributed by atoms with Gasteiger partial charge in [-0.2, -0.15) is 5.26 Å². The highest BCUT2D eigenvalue weighted by atomic mass is 16.1. The number of hydrogen-bond acceptors (Lipinski definition) is 5. The van der Waals surface area contributed by atoms with Crippen molar-refractivity contribution in [3.63, 3.8) is 0 Å². The maximum Gasteiger partial charge on any atom is 0.268 e. The molecular formula is C16H14N6O. The molecule has 0 aliphatic carbocycles. The van der Waals surface area contributed by atoms with E-state index in [-0.39, 0.29) is 17.2 Å². The smallest absolute Gasteiger partial charge is 0.268 e. The summed E-state index contributed by atoms with van der Waals surface area (Å²) in [4.78, 5) is 25.5. The summed E-state index contributed by atoms with van der Waals surface area (Å²) in [6, 6.07) is 5.89. The Morgan fingerprint density at radius 3 is 3.09 bits per heavy atom. The van der Waals surface area contributed by atoms with E-state index in [0.29, 0.717) is 16.7 Å². The highest BCUT2D eigenvalue weighted by Gasteiger charge is 2.28. The standard InChI is InChI=1S/C16H14N6O/c17-8-12-15(14-13(20-16(12)23)2-1-4-19-14)21-6-3-11(9-21)22-7-5-18-10-22/h1-2,4-5,7,10-11H,3,6,9H2,(H,20,23)/t11-/m1/s1. The number of pyridine rings is 2. The van der Waals surface area contributed by atoms with Crippen LogP contribution in [0.3, 0.4) is 0 Å². The Bertz CT molecular complexity index is 953. The van der Waals surface area contributed by atoms with Gasteiger partial charge in [0.15, 0.2) is 0 Å². The number of hydrogen-bond donors (Lipinski definition) is 1. The molecule has 7 heteroatoms. The van der Waals surface area contributed by atoms with Gasteiger partial charge in [-0.1, -0.05) is 0 Å². The van der Waals surface area contributed by atoms with Gasteiger partial charge in [-0.3, -0.25) is 9.78 Å². The first-order valence-corrected chi connectivity index (χ1v) is 7.41. The Morgan fingerprint density at radius 1 is 1.39 bits per heavy atom. The summed E-state index contributed by atoms with van der Waals surface area (Å²) in [5.74, 6) is 0. The lowest BCUT2D eigenvalue weighted by molar-refractivity contribution is 0.551. The number of aromatic nitrogens is 4. The molecule has 0 radical (unpaired) electrons. The van der Waals surface area contributed by atoms with Gasteiger partial charge in [0.05, 0.1) is 23.6 Å². The second-order valence-electron chi connectivity index (χ2n) is 5.59. The van der Waals surface area contributed by atoms with Gasteiger partial charge in [0, 0.05) is 31.7 Å². The fraction of sp³-hybridized carbons (Fsp3) is 0.250. The maximum absolute atomic E-state index is 12.2. The van der Waals surface area contributed by atoms with Crippen molar-refractivity contribution in [1.29, 1.82) is 5.26 Å². The van der Waals surface area contributed by atoms with E-state index in [1.807, 2.05) is 12.3 Å². The van der Waals surface area contributed by atoms with Crippen molar-refractivity contribution in [1.82, 2.24) is 19.5 Å². The molecule has 0 unspecified atom stereocenters. The van der Waals surface area contributed by atoms with Gasteiger partial charge in [-0.25, -0.2) is 4.98 Å². The lowest BCUT2D eigenvalue weighted by atomic mass is 10.1. The van der Waals surface area contributed by atoms with Crippen LogP contribution in [-0.4, -0.2) is 32.6 Å². The summed E-state index contributed by atoms with van der Waals surface area (Å²) < 4.78 is 2.06. The number of nitrogens with zero attached hydrogens (tertiary/aromatic N) is 5. The molecule has 0 saturated carbocycles. The fourth-order valence-corrected chi connectivity index (χ4v) is 3.19. The average molecular weight is 306 g/mol. The topological polar surface area (TPSA) is 90.6 Å². The summed E-state index contributed by atoms with van der Waals surface area (Å²) in [6.45, 7) is 1.49. The molecule has 3 aromatic heterocycles. The fourth-order valence-electron chi connectivity index (χ4n) is 3.19. The minimum atomic E-state index is -0.367. The average Bonchev–Trinajstić information content (AvgIpc) is 3.24. The molecular weight excluding hydrogens is 292 g/mol. The number of fused-ring (bicyclic) bond motifs is 1. The second-order valence-corrected chi connectivity index (χ2v) is 5.59. The quantitative estimate of drug-likeness (QED) is 0.773. The molecule has 1 aliphatic rings. The van der Waals surface area contributed by atoms with E-state index in [0.717, 1.165) is 19.5 Å². The Balaban J connectivity index is 1.83. The highest BCUT2D eigenvalue weighted by molar-refractivity contribution is 5.91. The van der Waals surface area contributed by atoms with Crippen LogP contribution in [0, 0.1) is 11.3 Å². The van der Waals surface area contributed by atoms with Crippen LogP contribution < -0.4 is 10.5 Å². The number of nitriles is 1. The molecule has 3 aromatic rings.